The van der Waals surface area contributed by atoms with Crippen LogP contribution in [0, 0.1) is 0 Å². The Morgan fingerprint density at radius 2 is 1.27 bits per heavy atom. The topological polar surface area (TPSA) is 122 Å². The van der Waals surface area contributed by atoms with Crippen LogP contribution in [0.1, 0.15) is 69.1 Å². The van der Waals surface area contributed by atoms with Crippen molar-refractivity contribution < 1.29 is 35.9 Å². The SMILES string of the molecule is CN(c1ncnc2sc(CC(F)(F)F)cc12)[C@@H]1CC[C@H](N)C1.CN(c1ncnc2sc(CC(F)(F)F)cc12)[C@@H]1CC[C@H](NC(=O)OC(C)(C)C)C1.Cl. The molecule has 6 rings (SSSR count). The number of amides is 1. The number of nitrogens with zero attached hydrogens (tertiary/aromatic N) is 6. The summed E-state index contributed by atoms with van der Waals surface area (Å²) in [4.78, 5) is 34.5. The summed E-state index contributed by atoms with van der Waals surface area (Å²) in [5.41, 5.74) is 5.39. The Morgan fingerprint density at radius 3 is 1.69 bits per heavy atom. The Morgan fingerprint density at radius 1 is 0.808 bits per heavy atom. The quantitative estimate of drug-likeness (QED) is 0.178. The fraction of sp³-hybridized carbons (Fsp3) is 0.606. The molecule has 4 aromatic heterocycles. The maximum Gasteiger partial charge on any atom is 0.407 e. The molecule has 4 aromatic rings. The van der Waals surface area contributed by atoms with Crippen molar-refractivity contribution in [3.8, 4) is 0 Å². The zero-order chi connectivity index (χ0) is 37.3. The number of hydrogen-bond acceptors (Lipinski definition) is 11. The number of alkyl halides is 6. The average Bonchev–Trinajstić information content (AvgIpc) is 3.79. The van der Waals surface area contributed by atoms with Crippen LogP contribution in [-0.4, -0.2) is 82.2 Å². The van der Waals surface area contributed by atoms with Gasteiger partial charge in [0, 0.05) is 48.0 Å². The number of aromatic nitrogens is 4. The predicted molar refractivity (Wildman–Crippen MR) is 195 cm³/mol. The van der Waals surface area contributed by atoms with Gasteiger partial charge in [-0.15, -0.1) is 35.1 Å². The second kappa shape index (κ2) is 16.4. The first-order chi connectivity index (χ1) is 23.7. The molecule has 0 unspecified atom stereocenters. The normalized spacial score (nSPS) is 20.7. The summed E-state index contributed by atoms with van der Waals surface area (Å²) in [6, 6.07) is 3.66. The summed E-state index contributed by atoms with van der Waals surface area (Å²) in [5.74, 6) is 1.30. The third-order valence-electron chi connectivity index (χ3n) is 8.80. The van der Waals surface area contributed by atoms with Gasteiger partial charge >= 0.3 is 18.4 Å². The van der Waals surface area contributed by atoms with Crippen LogP contribution in [0.5, 0.6) is 0 Å². The average molecular weight is 797 g/mol. The largest absolute Gasteiger partial charge is 0.444 e. The van der Waals surface area contributed by atoms with E-state index in [1.807, 2.05) is 44.7 Å². The molecule has 0 aliphatic heterocycles. The molecular formula is C33H43ClF6N8O2S2. The number of rotatable bonds is 7. The van der Waals surface area contributed by atoms with E-state index in [0.29, 0.717) is 38.5 Å². The van der Waals surface area contributed by atoms with E-state index in [1.165, 1.54) is 18.7 Å². The van der Waals surface area contributed by atoms with E-state index in [4.69, 9.17) is 10.5 Å². The third kappa shape index (κ3) is 11.1. The van der Waals surface area contributed by atoms with E-state index in [-0.39, 0.29) is 46.3 Å². The van der Waals surface area contributed by atoms with Crippen molar-refractivity contribution in [1.29, 1.82) is 0 Å². The van der Waals surface area contributed by atoms with Crippen LogP contribution in [0.2, 0.25) is 0 Å². The minimum atomic E-state index is -4.26. The lowest BCUT2D eigenvalue weighted by molar-refractivity contribution is -0.127. The van der Waals surface area contributed by atoms with Gasteiger partial charge in [0.25, 0.3) is 0 Å². The van der Waals surface area contributed by atoms with Gasteiger partial charge < -0.3 is 25.6 Å². The summed E-state index contributed by atoms with van der Waals surface area (Å²) in [6.45, 7) is 5.43. The minimum Gasteiger partial charge on any atom is -0.444 e. The van der Waals surface area contributed by atoms with E-state index >= 15 is 0 Å². The summed E-state index contributed by atoms with van der Waals surface area (Å²) in [7, 11) is 3.80. The van der Waals surface area contributed by atoms with Gasteiger partial charge in [-0.3, -0.25) is 0 Å². The molecule has 2 aliphatic rings. The Hall–Kier alpha value is -3.22. The van der Waals surface area contributed by atoms with Crippen LogP contribution in [-0.2, 0) is 17.6 Å². The molecule has 0 bridgehead atoms. The van der Waals surface area contributed by atoms with E-state index in [2.05, 4.69) is 25.3 Å². The minimum absolute atomic E-state index is 0. The smallest absolute Gasteiger partial charge is 0.407 e. The summed E-state index contributed by atoms with van der Waals surface area (Å²) >= 11 is 2.12. The maximum atomic E-state index is 12.7. The van der Waals surface area contributed by atoms with Crippen molar-refractivity contribution in [1.82, 2.24) is 25.3 Å². The van der Waals surface area contributed by atoms with Gasteiger partial charge in [-0.05, 0) is 71.4 Å². The molecule has 19 heteroatoms. The van der Waals surface area contributed by atoms with Crippen LogP contribution < -0.4 is 20.9 Å². The summed E-state index contributed by atoms with van der Waals surface area (Å²) in [6.07, 6.45) is -2.85. The monoisotopic (exact) mass is 796 g/mol. The molecule has 288 valence electrons. The number of halogens is 7. The van der Waals surface area contributed by atoms with Crippen molar-refractivity contribution in [2.75, 3.05) is 23.9 Å². The lowest BCUT2D eigenvalue weighted by Gasteiger charge is -2.26. The molecule has 3 N–H and O–H groups in total. The second-order valence-electron chi connectivity index (χ2n) is 14.1. The van der Waals surface area contributed by atoms with Crippen molar-refractivity contribution in [2.24, 2.45) is 5.73 Å². The molecule has 4 atom stereocenters. The number of carbonyl (C=O) groups excluding carboxylic acids is 1. The lowest BCUT2D eigenvalue weighted by Crippen LogP contribution is -2.39. The van der Waals surface area contributed by atoms with Crippen molar-refractivity contribution >= 4 is 73.2 Å². The lowest BCUT2D eigenvalue weighted by atomic mass is 10.2. The second-order valence-corrected chi connectivity index (χ2v) is 16.3. The Labute approximate surface area is 311 Å². The number of hydrogen-bond donors (Lipinski definition) is 2. The molecule has 0 saturated heterocycles. The van der Waals surface area contributed by atoms with Crippen LogP contribution in [0.25, 0.3) is 20.4 Å². The van der Waals surface area contributed by atoms with Crippen LogP contribution in [0.15, 0.2) is 24.8 Å². The number of fused-ring (bicyclic) bond motifs is 2. The molecule has 2 aliphatic carbocycles. The van der Waals surface area contributed by atoms with Gasteiger partial charge in [-0.1, -0.05) is 0 Å². The van der Waals surface area contributed by atoms with Crippen molar-refractivity contribution in [3.05, 3.63) is 34.5 Å². The molecule has 0 aromatic carbocycles. The molecular weight excluding hydrogens is 754 g/mol. The number of ether oxygens (including phenoxy) is 1. The van der Waals surface area contributed by atoms with Crippen LogP contribution in [0.4, 0.5) is 42.8 Å². The highest BCUT2D eigenvalue weighted by atomic mass is 35.5. The zero-order valence-corrected chi connectivity index (χ0v) is 31.8. The van der Waals surface area contributed by atoms with Crippen LogP contribution in [0.3, 0.4) is 0 Å². The number of carbonyl (C=O) groups is 1. The molecule has 0 radical (unpaired) electrons. The highest BCUT2D eigenvalue weighted by molar-refractivity contribution is 7.19. The first-order valence-electron chi connectivity index (χ1n) is 16.6. The summed E-state index contributed by atoms with van der Waals surface area (Å²) < 4.78 is 81.2. The van der Waals surface area contributed by atoms with Gasteiger partial charge in [0.05, 0.1) is 23.6 Å². The fourth-order valence-corrected chi connectivity index (χ4v) is 8.56. The van der Waals surface area contributed by atoms with E-state index < -0.39 is 36.9 Å². The first-order valence-corrected chi connectivity index (χ1v) is 18.2. The molecule has 2 saturated carbocycles. The fourth-order valence-electron chi connectivity index (χ4n) is 6.52. The summed E-state index contributed by atoms with van der Waals surface area (Å²) in [5, 5.41) is 4.21. The predicted octanol–water partition coefficient (Wildman–Crippen LogP) is 8.21. The van der Waals surface area contributed by atoms with Crippen molar-refractivity contribution in [2.45, 2.75) is 114 Å². The first kappa shape index (κ1) is 41.5. The molecule has 10 nitrogen and oxygen atoms in total. The number of nitrogens with one attached hydrogen (secondary N) is 1. The van der Waals surface area contributed by atoms with Crippen LogP contribution >= 0.6 is 35.1 Å². The molecule has 0 spiro atoms. The van der Waals surface area contributed by atoms with E-state index in [9.17, 15) is 31.1 Å². The Kier molecular flexibility index (Phi) is 13.1. The standard InChI is InChI=1S/C19H25F3N4O2S.C14H17F3N4S.ClH/c1-18(2,3)28-17(27)25-11-5-6-12(7-11)26(4)15-14-8-13(9-19(20,21)22)29-16(14)24-10-23-15;1-21(9-3-2-8(18)4-9)12-11-5-10(6-14(15,16)17)22-13(11)20-7-19-12;/h8,10-12H,5-7,9H2,1-4H3,(H,25,27);5,7-9H,2-4,6,18H2,1H3;1H/t11-,12+;8-,9+;/m00./s1. The third-order valence-corrected chi connectivity index (χ3v) is 10.9. The zero-order valence-electron chi connectivity index (χ0n) is 29.3. The van der Waals surface area contributed by atoms with Gasteiger partial charge in [-0.2, -0.15) is 26.3 Å². The molecule has 52 heavy (non-hydrogen) atoms. The number of nitrogens with two attached hydrogens (primary N) is 1. The van der Waals surface area contributed by atoms with E-state index in [0.717, 1.165) is 54.8 Å². The van der Waals surface area contributed by atoms with Gasteiger partial charge in [0.2, 0.25) is 0 Å². The van der Waals surface area contributed by atoms with Gasteiger partial charge in [0.15, 0.2) is 0 Å². The van der Waals surface area contributed by atoms with Gasteiger partial charge in [0.1, 0.15) is 39.6 Å². The van der Waals surface area contributed by atoms with Crippen molar-refractivity contribution in [3.63, 3.8) is 0 Å². The molecule has 4 heterocycles. The van der Waals surface area contributed by atoms with E-state index in [1.54, 1.807) is 6.07 Å². The Bertz CT molecular complexity index is 1810. The maximum absolute atomic E-state index is 12.7. The number of anilines is 2. The Balaban J connectivity index is 0.000000236. The molecule has 1 amide bonds. The molecule has 2 fully saturated rings. The highest BCUT2D eigenvalue weighted by Gasteiger charge is 2.33. The number of thiophene rings is 2. The highest BCUT2D eigenvalue weighted by Crippen LogP contribution is 2.37. The van der Waals surface area contributed by atoms with Gasteiger partial charge in [-0.25, -0.2) is 24.7 Å². The number of alkyl carbamates (subject to hydrolysis) is 1.